The predicted octanol–water partition coefficient (Wildman–Crippen LogP) is 3.34. The number of carbonyl (C=O) groups excluding carboxylic acids is 2. The number of nitrogens with one attached hydrogen (secondary N) is 2. The Balaban J connectivity index is 1.16. The maximum atomic E-state index is 14.0. The molecule has 6 aliphatic rings. The SMILES string of the molecule is C=C(C)CC1C(OCC(=O)NC[C@@H]2CCCN2CC)CCC2C1C1CCNC3C4CCCCC4C(=O)N2C13. The van der Waals surface area contributed by atoms with Gasteiger partial charge in [0, 0.05) is 30.6 Å². The number of rotatable bonds is 8. The highest BCUT2D eigenvalue weighted by atomic mass is 16.5. The molecule has 9 unspecified atom stereocenters. The fourth-order valence-corrected chi connectivity index (χ4v) is 9.88. The molecule has 38 heavy (non-hydrogen) atoms. The molecule has 7 heteroatoms. The number of nitrogens with zero attached hydrogens (tertiary/aromatic N) is 2. The highest BCUT2D eigenvalue weighted by molar-refractivity contribution is 5.82. The Bertz CT molecular complexity index is 910. The van der Waals surface area contributed by atoms with E-state index in [1.165, 1.54) is 31.3 Å². The van der Waals surface area contributed by atoms with E-state index < -0.39 is 0 Å². The molecule has 4 saturated heterocycles. The molecule has 0 aromatic heterocycles. The molecule has 0 radical (unpaired) electrons. The second kappa shape index (κ2) is 11.2. The van der Waals surface area contributed by atoms with Gasteiger partial charge in [-0.1, -0.05) is 25.3 Å². The zero-order chi connectivity index (χ0) is 26.4. The molecule has 4 aliphatic heterocycles. The van der Waals surface area contributed by atoms with E-state index in [0.717, 1.165) is 64.7 Å². The molecule has 6 fully saturated rings. The van der Waals surface area contributed by atoms with Crippen LogP contribution in [0.25, 0.3) is 0 Å². The first-order valence-electron chi connectivity index (χ1n) is 15.8. The van der Waals surface area contributed by atoms with Crippen molar-refractivity contribution in [1.29, 1.82) is 0 Å². The van der Waals surface area contributed by atoms with Crippen LogP contribution >= 0.6 is 0 Å². The average Bonchev–Trinajstić information content (AvgIpc) is 3.52. The summed E-state index contributed by atoms with van der Waals surface area (Å²) in [5.41, 5.74) is 1.19. The molecule has 6 rings (SSSR count). The molecule has 10 atom stereocenters. The zero-order valence-corrected chi connectivity index (χ0v) is 23.7. The monoisotopic (exact) mass is 526 g/mol. The number of hydrogen-bond acceptors (Lipinski definition) is 5. The van der Waals surface area contributed by atoms with Crippen LogP contribution in [-0.2, 0) is 14.3 Å². The van der Waals surface area contributed by atoms with Crippen LogP contribution in [0.4, 0.5) is 0 Å². The molecule has 2 N–H and O–H groups in total. The summed E-state index contributed by atoms with van der Waals surface area (Å²) in [6.45, 7) is 12.7. The lowest BCUT2D eigenvalue weighted by Crippen LogP contribution is -2.66. The van der Waals surface area contributed by atoms with Crippen molar-refractivity contribution >= 4 is 11.8 Å². The van der Waals surface area contributed by atoms with E-state index in [-0.39, 0.29) is 24.5 Å². The van der Waals surface area contributed by atoms with Crippen LogP contribution in [0.15, 0.2) is 12.2 Å². The molecule has 0 aromatic carbocycles. The Labute approximate surface area is 229 Å². The Morgan fingerprint density at radius 3 is 2.76 bits per heavy atom. The van der Waals surface area contributed by atoms with Crippen molar-refractivity contribution in [2.75, 3.05) is 32.8 Å². The number of piperidine rings is 2. The third kappa shape index (κ3) is 4.75. The van der Waals surface area contributed by atoms with Crippen LogP contribution in [-0.4, -0.2) is 84.7 Å². The minimum Gasteiger partial charge on any atom is -0.368 e. The maximum Gasteiger partial charge on any atom is 0.246 e. The topological polar surface area (TPSA) is 73.9 Å². The second-order valence-corrected chi connectivity index (χ2v) is 13.3. The minimum atomic E-state index is 0.00850. The van der Waals surface area contributed by atoms with Crippen molar-refractivity contribution in [3.05, 3.63) is 12.2 Å². The van der Waals surface area contributed by atoms with Crippen LogP contribution in [0.1, 0.15) is 78.1 Å². The van der Waals surface area contributed by atoms with Crippen molar-refractivity contribution in [2.24, 2.45) is 29.6 Å². The molecule has 0 spiro atoms. The van der Waals surface area contributed by atoms with Crippen LogP contribution in [0.3, 0.4) is 0 Å². The predicted molar refractivity (Wildman–Crippen MR) is 148 cm³/mol. The summed E-state index contributed by atoms with van der Waals surface area (Å²) >= 11 is 0. The summed E-state index contributed by atoms with van der Waals surface area (Å²) in [7, 11) is 0. The molecule has 2 amide bonds. The maximum absolute atomic E-state index is 14.0. The van der Waals surface area contributed by atoms with Crippen molar-refractivity contribution in [2.45, 2.75) is 108 Å². The number of hydrogen-bond donors (Lipinski definition) is 2. The number of allylic oxidation sites excluding steroid dienone is 1. The van der Waals surface area contributed by atoms with Gasteiger partial charge in [-0.2, -0.15) is 0 Å². The normalized spacial score (nSPS) is 42.4. The highest BCUT2D eigenvalue weighted by Crippen LogP contribution is 2.56. The van der Waals surface area contributed by atoms with Gasteiger partial charge < -0.3 is 20.3 Å². The van der Waals surface area contributed by atoms with E-state index in [0.29, 0.717) is 53.7 Å². The van der Waals surface area contributed by atoms with Crippen molar-refractivity contribution in [3.8, 4) is 0 Å². The quantitative estimate of drug-likeness (QED) is 0.475. The lowest BCUT2D eigenvalue weighted by Gasteiger charge is -2.52. The van der Waals surface area contributed by atoms with Gasteiger partial charge in [0.1, 0.15) is 6.61 Å². The van der Waals surface area contributed by atoms with Crippen LogP contribution in [0, 0.1) is 29.6 Å². The zero-order valence-electron chi connectivity index (χ0n) is 23.7. The highest BCUT2D eigenvalue weighted by Gasteiger charge is 2.63. The van der Waals surface area contributed by atoms with E-state index in [2.05, 4.69) is 40.9 Å². The van der Waals surface area contributed by atoms with Gasteiger partial charge in [-0.05, 0) is 102 Å². The van der Waals surface area contributed by atoms with Gasteiger partial charge in [-0.25, -0.2) is 0 Å². The first kappa shape index (κ1) is 26.8. The van der Waals surface area contributed by atoms with Crippen LogP contribution < -0.4 is 10.6 Å². The molecular formula is C31H50N4O3. The number of likely N-dealkylation sites (tertiary alicyclic amines) is 1. The average molecular weight is 527 g/mol. The Hall–Kier alpha value is -1.44. The van der Waals surface area contributed by atoms with E-state index in [9.17, 15) is 9.59 Å². The van der Waals surface area contributed by atoms with E-state index >= 15 is 0 Å². The number of ether oxygens (including phenoxy) is 1. The smallest absolute Gasteiger partial charge is 0.246 e. The third-order valence-corrected chi connectivity index (χ3v) is 11.3. The third-order valence-electron chi connectivity index (χ3n) is 11.3. The van der Waals surface area contributed by atoms with Gasteiger partial charge in [0.05, 0.1) is 12.1 Å². The molecular weight excluding hydrogens is 476 g/mol. The number of likely N-dealkylation sites (N-methyl/N-ethyl adjacent to an activating group) is 1. The Morgan fingerprint density at radius 1 is 1.11 bits per heavy atom. The van der Waals surface area contributed by atoms with E-state index in [1.807, 2.05) is 0 Å². The van der Waals surface area contributed by atoms with Gasteiger partial charge >= 0.3 is 0 Å². The second-order valence-electron chi connectivity index (χ2n) is 13.3. The van der Waals surface area contributed by atoms with E-state index in [1.54, 1.807) is 0 Å². The summed E-state index contributed by atoms with van der Waals surface area (Å²) in [5.74, 6) is 2.50. The summed E-state index contributed by atoms with van der Waals surface area (Å²) in [6.07, 6.45) is 11.2. The summed E-state index contributed by atoms with van der Waals surface area (Å²) in [6, 6.07) is 1.58. The van der Waals surface area contributed by atoms with Gasteiger partial charge in [-0.15, -0.1) is 6.58 Å². The molecule has 0 bridgehead atoms. The lowest BCUT2D eigenvalue weighted by molar-refractivity contribution is -0.152. The van der Waals surface area contributed by atoms with Gasteiger partial charge in [0.2, 0.25) is 11.8 Å². The fourth-order valence-electron chi connectivity index (χ4n) is 9.88. The Morgan fingerprint density at radius 2 is 1.95 bits per heavy atom. The molecule has 2 aliphatic carbocycles. The number of carbonyl (C=O) groups is 2. The minimum absolute atomic E-state index is 0.00850. The summed E-state index contributed by atoms with van der Waals surface area (Å²) in [4.78, 5) is 31.7. The molecule has 0 aromatic rings. The van der Waals surface area contributed by atoms with Gasteiger partial charge in [0.15, 0.2) is 0 Å². The first-order chi connectivity index (χ1) is 18.5. The molecule has 2 saturated carbocycles. The Kier molecular flexibility index (Phi) is 7.89. The van der Waals surface area contributed by atoms with Crippen LogP contribution in [0.5, 0.6) is 0 Å². The standard InChI is InChI=1S/C31H50N4O3/c1-4-34-15-7-8-20(34)17-33-27(36)18-38-26-12-11-25-28(24(26)16-19(2)3)23-13-14-32-29-21-9-5-6-10-22(21)31(37)35(25)30(23)29/h20-26,28-30,32H,2,4-18H2,1,3H3,(H,33,36)/t20-,21?,22?,23?,24?,25?,26?,28?,29?,30?/m0/s1. The summed E-state index contributed by atoms with van der Waals surface area (Å²) in [5, 5.41) is 7.06. The van der Waals surface area contributed by atoms with Gasteiger partial charge in [-0.3, -0.25) is 14.5 Å². The summed E-state index contributed by atoms with van der Waals surface area (Å²) < 4.78 is 6.46. The fraction of sp³-hybridized carbons (Fsp3) is 0.871. The lowest BCUT2D eigenvalue weighted by atomic mass is 9.63. The van der Waals surface area contributed by atoms with Crippen molar-refractivity contribution in [3.63, 3.8) is 0 Å². The largest absolute Gasteiger partial charge is 0.368 e. The molecule has 7 nitrogen and oxygen atoms in total. The first-order valence-corrected chi connectivity index (χ1v) is 15.8. The number of fused-ring (bicyclic) bond motifs is 5. The van der Waals surface area contributed by atoms with Gasteiger partial charge in [0.25, 0.3) is 0 Å². The van der Waals surface area contributed by atoms with E-state index in [4.69, 9.17) is 4.74 Å². The van der Waals surface area contributed by atoms with Crippen molar-refractivity contribution in [1.82, 2.24) is 20.4 Å². The molecule has 212 valence electrons. The molecule has 4 heterocycles. The van der Waals surface area contributed by atoms with Crippen LogP contribution in [0.2, 0.25) is 0 Å². The number of amides is 2. The van der Waals surface area contributed by atoms with Crippen molar-refractivity contribution < 1.29 is 14.3 Å².